The molecule has 0 amide bonds. The molecule has 2 aromatic carbocycles. The fourth-order valence-electron chi connectivity index (χ4n) is 1.99. The second kappa shape index (κ2) is 7.50. The van der Waals surface area contributed by atoms with Crippen molar-refractivity contribution >= 4 is 11.8 Å². The summed E-state index contributed by atoms with van der Waals surface area (Å²) in [4.78, 5) is 1.13. The van der Waals surface area contributed by atoms with Gasteiger partial charge in [-0.25, -0.2) is 0 Å². The van der Waals surface area contributed by atoms with Gasteiger partial charge in [-0.15, -0.1) is 11.8 Å². The van der Waals surface area contributed by atoms with Gasteiger partial charge in [0.05, 0.1) is 13.2 Å². The molecule has 21 heavy (non-hydrogen) atoms. The number of aliphatic hydroxyl groups is 1. The van der Waals surface area contributed by atoms with Gasteiger partial charge in [-0.1, -0.05) is 24.3 Å². The first-order valence-electron chi connectivity index (χ1n) is 6.90. The van der Waals surface area contributed by atoms with Crippen LogP contribution in [0.4, 0.5) is 0 Å². The summed E-state index contributed by atoms with van der Waals surface area (Å²) in [6.45, 7) is 1.97. The van der Waals surface area contributed by atoms with E-state index in [0.717, 1.165) is 21.8 Å². The van der Waals surface area contributed by atoms with Crippen LogP contribution in [0.1, 0.15) is 30.2 Å². The summed E-state index contributed by atoms with van der Waals surface area (Å²) in [5, 5.41) is 10.2. The normalized spacial score (nSPS) is 13.7. The lowest BCUT2D eigenvalue weighted by atomic mass is 10.1. The zero-order chi connectivity index (χ0) is 15.2. The fourth-order valence-corrected chi connectivity index (χ4v) is 2.86. The van der Waals surface area contributed by atoms with Crippen molar-refractivity contribution in [2.24, 2.45) is 5.73 Å². The first-order valence-corrected chi connectivity index (χ1v) is 7.89. The van der Waals surface area contributed by atoms with Crippen molar-refractivity contribution in [2.75, 3.05) is 12.9 Å². The van der Waals surface area contributed by atoms with Crippen LogP contribution < -0.4 is 10.5 Å². The summed E-state index contributed by atoms with van der Waals surface area (Å²) >= 11 is 1.63. The third kappa shape index (κ3) is 4.49. The van der Waals surface area contributed by atoms with Crippen molar-refractivity contribution in [3.8, 4) is 5.75 Å². The highest BCUT2D eigenvalue weighted by atomic mass is 32.2. The van der Waals surface area contributed by atoms with E-state index in [9.17, 15) is 5.11 Å². The molecule has 0 bridgehead atoms. The first kappa shape index (κ1) is 15.9. The van der Waals surface area contributed by atoms with Gasteiger partial charge < -0.3 is 15.6 Å². The highest BCUT2D eigenvalue weighted by Gasteiger charge is 2.09. The van der Waals surface area contributed by atoms with Crippen molar-refractivity contribution in [2.45, 2.75) is 24.0 Å². The maximum atomic E-state index is 10.2. The van der Waals surface area contributed by atoms with Gasteiger partial charge in [-0.3, -0.25) is 0 Å². The van der Waals surface area contributed by atoms with Crippen LogP contribution in [0, 0.1) is 0 Å². The smallest absolute Gasteiger partial charge is 0.119 e. The minimum absolute atomic E-state index is 0.0476. The molecule has 3 nitrogen and oxygen atoms in total. The van der Waals surface area contributed by atoms with E-state index in [1.807, 2.05) is 55.5 Å². The maximum absolute atomic E-state index is 10.2. The molecule has 0 heterocycles. The lowest BCUT2D eigenvalue weighted by Gasteiger charge is -2.12. The number of hydrogen-bond acceptors (Lipinski definition) is 4. The lowest BCUT2D eigenvalue weighted by molar-refractivity contribution is 0.203. The number of aliphatic hydroxyl groups excluding tert-OH is 1. The SMILES string of the molecule is COc1cccc(C(O)CSc2ccc(C(C)N)cc2)c1. The van der Waals surface area contributed by atoms with E-state index in [0.29, 0.717) is 5.75 Å². The predicted octanol–water partition coefficient (Wildman–Crippen LogP) is 3.54. The lowest BCUT2D eigenvalue weighted by Crippen LogP contribution is -2.04. The standard InChI is InChI=1S/C17H21NO2S/c1-12(18)13-6-8-16(9-7-13)21-11-17(19)14-4-3-5-15(10-14)20-2/h3-10,12,17,19H,11,18H2,1-2H3. The molecule has 2 aromatic rings. The van der Waals surface area contributed by atoms with E-state index in [1.165, 1.54) is 0 Å². The van der Waals surface area contributed by atoms with Crippen LogP contribution in [0.5, 0.6) is 5.75 Å². The monoisotopic (exact) mass is 303 g/mol. The Hall–Kier alpha value is -1.49. The van der Waals surface area contributed by atoms with Crippen LogP contribution >= 0.6 is 11.8 Å². The Labute approximate surface area is 130 Å². The Morgan fingerprint density at radius 3 is 2.48 bits per heavy atom. The number of thioether (sulfide) groups is 1. The van der Waals surface area contributed by atoms with Gasteiger partial charge in [0.2, 0.25) is 0 Å². The summed E-state index contributed by atoms with van der Waals surface area (Å²) in [6, 6.07) is 15.7. The molecule has 0 saturated carbocycles. The molecule has 2 atom stereocenters. The summed E-state index contributed by atoms with van der Waals surface area (Å²) in [5.41, 5.74) is 7.82. The molecule has 0 aliphatic heterocycles. The third-order valence-corrected chi connectivity index (χ3v) is 4.38. The minimum Gasteiger partial charge on any atom is -0.497 e. The van der Waals surface area contributed by atoms with Gasteiger partial charge in [0.15, 0.2) is 0 Å². The molecule has 0 aliphatic rings. The number of hydrogen-bond donors (Lipinski definition) is 2. The van der Waals surface area contributed by atoms with Crippen LogP contribution in [0.2, 0.25) is 0 Å². The highest BCUT2D eigenvalue weighted by Crippen LogP contribution is 2.27. The Kier molecular flexibility index (Phi) is 5.67. The molecule has 3 N–H and O–H groups in total. The molecule has 112 valence electrons. The molecule has 4 heteroatoms. The first-order chi connectivity index (χ1) is 10.1. The van der Waals surface area contributed by atoms with E-state index in [-0.39, 0.29) is 6.04 Å². The summed E-state index contributed by atoms with van der Waals surface area (Å²) in [6.07, 6.45) is -0.516. The Bertz CT molecular complexity index is 569. The van der Waals surface area contributed by atoms with Crippen molar-refractivity contribution in [3.05, 3.63) is 59.7 Å². The molecular formula is C17H21NO2S. The van der Waals surface area contributed by atoms with Gasteiger partial charge in [0.1, 0.15) is 5.75 Å². The Morgan fingerprint density at radius 1 is 1.14 bits per heavy atom. The van der Waals surface area contributed by atoms with Gasteiger partial charge in [-0.05, 0) is 42.3 Å². The molecular weight excluding hydrogens is 282 g/mol. The van der Waals surface area contributed by atoms with Gasteiger partial charge in [0, 0.05) is 16.7 Å². The Morgan fingerprint density at radius 2 is 1.86 bits per heavy atom. The number of methoxy groups -OCH3 is 1. The zero-order valence-corrected chi connectivity index (χ0v) is 13.1. The maximum Gasteiger partial charge on any atom is 0.119 e. The highest BCUT2D eigenvalue weighted by molar-refractivity contribution is 7.99. The molecule has 0 spiro atoms. The summed E-state index contributed by atoms with van der Waals surface area (Å²) in [5.74, 6) is 1.36. The second-order valence-corrected chi connectivity index (χ2v) is 6.05. The van der Waals surface area contributed by atoms with Crippen LogP contribution in [-0.2, 0) is 0 Å². The van der Waals surface area contributed by atoms with Gasteiger partial charge >= 0.3 is 0 Å². The average Bonchev–Trinajstić information content (AvgIpc) is 2.53. The van der Waals surface area contributed by atoms with Gasteiger partial charge in [-0.2, -0.15) is 0 Å². The number of benzene rings is 2. The van der Waals surface area contributed by atoms with E-state index in [1.54, 1.807) is 18.9 Å². The topological polar surface area (TPSA) is 55.5 Å². The molecule has 0 radical (unpaired) electrons. The van der Waals surface area contributed by atoms with E-state index >= 15 is 0 Å². The molecule has 0 aromatic heterocycles. The molecule has 0 fully saturated rings. The van der Waals surface area contributed by atoms with Crippen molar-refractivity contribution in [3.63, 3.8) is 0 Å². The largest absolute Gasteiger partial charge is 0.497 e. The van der Waals surface area contributed by atoms with Crippen molar-refractivity contribution in [1.82, 2.24) is 0 Å². The van der Waals surface area contributed by atoms with E-state index < -0.39 is 6.10 Å². The van der Waals surface area contributed by atoms with Crippen LogP contribution in [-0.4, -0.2) is 18.0 Å². The minimum atomic E-state index is -0.516. The molecule has 2 unspecified atom stereocenters. The molecule has 0 aliphatic carbocycles. The van der Waals surface area contributed by atoms with Crippen molar-refractivity contribution in [1.29, 1.82) is 0 Å². The number of ether oxygens (including phenoxy) is 1. The predicted molar refractivity (Wildman–Crippen MR) is 87.7 cm³/mol. The van der Waals surface area contributed by atoms with Gasteiger partial charge in [0.25, 0.3) is 0 Å². The van der Waals surface area contributed by atoms with Crippen LogP contribution in [0.15, 0.2) is 53.4 Å². The third-order valence-electron chi connectivity index (χ3n) is 3.29. The zero-order valence-electron chi connectivity index (χ0n) is 12.3. The Balaban J connectivity index is 1.95. The summed E-state index contributed by atoms with van der Waals surface area (Å²) in [7, 11) is 1.63. The van der Waals surface area contributed by atoms with Crippen LogP contribution in [0.3, 0.4) is 0 Å². The molecule has 0 saturated heterocycles. The summed E-state index contributed by atoms with van der Waals surface area (Å²) < 4.78 is 5.17. The fraction of sp³-hybridized carbons (Fsp3) is 0.294. The quantitative estimate of drug-likeness (QED) is 0.801. The number of nitrogens with two attached hydrogens (primary N) is 1. The second-order valence-electron chi connectivity index (χ2n) is 4.96. The molecule has 2 rings (SSSR count). The van der Waals surface area contributed by atoms with Crippen LogP contribution in [0.25, 0.3) is 0 Å². The van der Waals surface area contributed by atoms with E-state index in [4.69, 9.17) is 10.5 Å². The van der Waals surface area contributed by atoms with Crippen molar-refractivity contribution < 1.29 is 9.84 Å². The number of rotatable bonds is 6. The van der Waals surface area contributed by atoms with E-state index in [2.05, 4.69) is 0 Å². The average molecular weight is 303 g/mol.